The highest BCUT2D eigenvalue weighted by Crippen LogP contribution is 2.12. The molecule has 100 valence electrons. The molecule has 0 fully saturated rings. The third kappa shape index (κ3) is 2.89. The number of carbonyl (C=O) groups is 2. The largest absolute Gasteiger partial charge is 0.467 e. The number of aromatic amines is 1. The van der Waals surface area contributed by atoms with Crippen molar-refractivity contribution in [1.82, 2.24) is 15.5 Å². The number of rotatable bonds is 4. The van der Waals surface area contributed by atoms with Gasteiger partial charge in [0, 0.05) is 10.9 Å². The van der Waals surface area contributed by atoms with Gasteiger partial charge >= 0.3 is 5.97 Å². The number of esters is 1. The van der Waals surface area contributed by atoms with Gasteiger partial charge in [0.2, 0.25) is 0 Å². The van der Waals surface area contributed by atoms with Crippen LogP contribution in [0.5, 0.6) is 0 Å². The van der Waals surface area contributed by atoms with E-state index in [0.717, 1.165) is 10.9 Å². The lowest BCUT2D eigenvalue weighted by molar-refractivity contribution is -0.149. The van der Waals surface area contributed by atoms with Crippen LogP contribution in [0.15, 0.2) is 24.4 Å². The standard InChI is InChI=1S/C12H13N3O4/c1-19-12(18)10(16)6-13-11(17)7-2-3-8-5-14-15-9(8)4-7/h2-5,10,16H,6H2,1H3,(H,13,17)(H,14,15). The Bertz CT molecular complexity index is 608. The molecule has 0 aliphatic heterocycles. The Hall–Kier alpha value is -2.41. The number of hydrogen-bond acceptors (Lipinski definition) is 5. The topological polar surface area (TPSA) is 104 Å². The summed E-state index contributed by atoms with van der Waals surface area (Å²) in [6, 6.07) is 5.03. The van der Waals surface area contributed by atoms with Crippen molar-refractivity contribution < 1.29 is 19.4 Å². The van der Waals surface area contributed by atoms with Crippen molar-refractivity contribution in [2.75, 3.05) is 13.7 Å². The van der Waals surface area contributed by atoms with Crippen LogP contribution in [0.1, 0.15) is 10.4 Å². The summed E-state index contributed by atoms with van der Waals surface area (Å²) in [6.07, 6.45) is 0.280. The minimum atomic E-state index is -1.37. The average molecular weight is 263 g/mol. The number of hydrogen-bond donors (Lipinski definition) is 3. The molecule has 2 rings (SSSR count). The molecule has 0 bridgehead atoms. The van der Waals surface area contributed by atoms with Gasteiger partial charge in [-0.05, 0) is 12.1 Å². The second-order valence-corrected chi connectivity index (χ2v) is 3.92. The van der Waals surface area contributed by atoms with E-state index in [2.05, 4.69) is 20.3 Å². The maximum Gasteiger partial charge on any atom is 0.336 e. The third-order valence-corrected chi connectivity index (χ3v) is 2.63. The quantitative estimate of drug-likeness (QED) is 0.664. The Balaban J connectivity index is 2.01. The smallest absolute Gasteiger partial charge is 0.336 e. The Morgan fingerprint density at radius 1 is 1.53 bits per heavy atom. The van der Waals surface area contributed by atoms with Gasteiger partial charge in [-0.2, -0.15) is 5.10 Å². The second kappa shape index (κ2) is 5.49. The predicted molar refractivity (Wildman–Crippen MR) is 66.4 cm³/mol. The van der Waals surface area contributed by atoms with Crippen LogP contribution in [0.2, 0.25) is 0 Å². The fourth-order valence-electron chi connectivity index (χ4n) is 1.59. The highest BCUT2D eigenvalue weighted by molar-refractivity contribution is 5.97. The Kier molecular flexibility index (Phi) is 3.76. The summed E-state index contributed by atoms with van der Waals surface area (Å²) in [5.74, 6) is -1.18. The number of ether oxygens (including phenoxy) is 1. The van der Waals surface area contributed by atoms with E-state index in [1.165, 1.54) is 7.11 Å². The van der Waals surface area contributed by atoms with Crippen molar-refractivity contribution in [3.8, 4) is 0 Å². The van der Waals surface area contributed by atoms with Crippen LogP contribution in [0, 0.1) is 0 Å². The van der Waals surface area contributed by atoms with Gasteiger partial charge in [-0.15, -0.1) is 0 Å². The summed E-state index contributed by atoms with van der Waals surface area (Å²) in [4.78, 5) is 22.8. The number of amides is 1. The number of nitrogens with one attached hydrogen (secondary N) is 2. The normalized spacial score (nSPS) is 12.1. The van der Waals surface area contributed by atoms with Crippen LogP contribution in [-0.4, -0.2) is 46.9 Å². The number of benzene rings is 1. The van der Waals surface area contributed by atoms with Gasteiger partial charge in [-0.3, -0.25) is 9.89 Å². The average Bonchev–Trinajstić information content (AvgIpc) is 2.90. The highest BCUT2D eigenvalue weighted by atomic mass is 16.5. The molecule has 7 nitrogen and oxygen atoms in total. The summed E-state index contributed by atoms with van der Waals surface area (Å²) in [6.45, 7) is -0.202. The number of carbonyl (C=O) groups excluding carboxylic acids is 2. The van der Waals surface area contributed by atoms with Crippen molar-refractivity contribution in [2.24, 2.45) is 0 Å². The summed E-state index contributed by atoms with van der Waals surface area (Å²) in [5, 5.41) is 19.3. The molecule has 2 aromatic rings. The molecular weight excluding hydrogens is 250 g/mol. The molecule has 3 N–H and O–H groups in total. The second-order valence-electron chi connectivity index (χ2n) is 3.92. The van der Waals surface area contributed by atoms with E-state index in [-0.39, 0.29) is 12.5 Å². The third-order valence-electron chi connectivity index (χ3n) is 2.63. The van der Waals surface area contributed by atoms with Crippen LogP contribution < -0.4 is 5.32 Å². The number of aliphatic hydroxyl groups excluding tert-OH is 1. The number of fused-ring (bicyclic) bond motifs is 1. The van der Waals surface area contributed by atoms with Gasteiger partial charge in [0.25, 0.3) is 5.91 Å². The van der Waals surface area contributed by atoms with Crippen molar-refractivity contribution in [3.63, 3.8) is 0 Å². The molecule has 1 aromatic heterocycles. The molecule has 0 aliphatic carbocycles. The minimum Gasteiger partial charge on any atom is -0.467 e. The number of nitrogens with zero attached hydrogens (tertiary/aromatic N) is 1. The van der Waals surface area contributed by atoms with E-state index in [1.807, 2.05) is 0 Å². The molecule has 0 saturated heterocycles. The molecule has 7 heteroatoms. The van der Waals surface area contributed by atoms with Crippen LogP contribution in [-0.2, 0) is 9.53 Å². The molecule has 1 aromatic carbocycles. The van der Waals surface area contributed by atoms with E-state index in [1.54, 1.807) is 24.4 Å². The fraction of sp³-hybridized carbons (Fsp3) is 0.250. The van der Waals surface area contributed by atoms with Gasteiger partial charge < -0.3 is 15.2 Å². The zero-order valence-corrected chi connectivity index (χ0v) is 10.2. The van der Waals surface area contributed by atoms with E-state index in [0.29, 0.717) is 5.56 Å². The van der Waals surface area contributed by atoms with E-state index < -0.39 is 12.1 Å². The monoisotopic (exact) mass is 263 g/mol. The van der Waals surface area contributed by atoms with E-state index in [4.69, 9.17) is 0 Å². The number of H-pyrrole nitrogens is 1. The summed E-state index contributed by atoms with van der Waals surface area (Å²) < 4.78 is 4.34. The highest BCUT2D eigenvalue weighted by Gasteiger charge is 2.16. The molecule has 1 unspecified atom stereocenters. The first-order valence-corrected chi connectivity index (χ1v) is 5.59. The molecule has 0 saturated carbocycles. The molecule has 0 radical (unpaired) electrons. The Morgan fingerprint density at radius 3 is 3.05 bits per heavy atom. The predicted octanol–water partition coefficient (Wildman–Crippen LogP) is -0.173. The molecule has 1 amide bonds. The zero-order chi connectivity index (χ0) is 13.8. The van der Waals surface area contributed by atoms with Crippen LogP contribution in [0.4, 0.5) is 0 Å². The zero-order valence-electron chi connectivity index (χ0n) is 10.2. The molecular formula is C12H13N3O4. The van der Waals surface area contributed by atoms with Crippen molar-refractivity contribution in [3.05, 3.63) is 30.0 Å². The van der Waals surface area contributed by atoms with Crippen LogP contribution in [0.3, 0.4) is 0 Å². The molecule has 1 heterocycles. The van der Waals surface area contributed by atoms with Crippen LogP contribution in [0.25, 0.3) is 10.9 Å². The molecule has 0 spiro atoms. The van der Waals surface area contributed by atoms with Gasteiger partial charge in [-0.25, -0.2) is 4.79 Å². The van der Waals surface area contributed by atoms with Gasteiger partial charge in [0.1, 0.15) is 0 Å². The summed E-state index contributed by atoms with van der Waals surface area (Å²) in [5.41, 5.74) is 1.15. The number of aliphatic hydroxyl groups is 1. The number of methoxy groups -OCH3 is 1. The lowest BCUT2D eigenvalue weighted by Crippen LogP contribution is -2.37. The van der Waals surface area contributed by atoms with E-state index >= 15 is 0 Å². The van der Waals surface area contributed by atoms with Gasteiger partial charge in [-0.1, -0.05) is 6.07 Å². The summed E-state index contributed by atoms with van der Waals surface area (Å²) in [7, 11) is 1.17. The first kappa shape index (κ1) is 13.0. The Labute approximate surface area is 108 Å². The first-order valence-electron chi connectivity index (χ1n) is 5.59. The van der Waals surface area contributed by atoms with Crippen molar-refractivity contribution >= 4 is 22.8 Å². The fourth-order valence-corrected chi connectivity index (χ4v) is 1.59. The first-order chi connectivity index (χ1) is 9.11. The SMILES string of the molecule is COC(=O)C(O)CNC(=O)c1ccc2cn[nH]c2c1. The van der Waals surface area contributed by atoms with Crippen molar-refractivity contribution in [1.29, 1.82) is 0 Å². The van der Waals surface area contributed by atoms with Gasteiger partial charge in [0.05, 0.1) is 25.4 Å². The maximum absolute atomic E-state index is 11.8. The molecule has 19 heavy (non-hydrogen) atoms. The van der Waals surface area contributed by atoms with Crippen LogP contribution >= 0.6 is 0 Å². The summed E-state index contributed by atoms with van der Waals surface area (Å²) >= 11 is 0. The van der Waals surface area contributed by atoms with E-state index in [9.17, 15) is 14.7 Å². The molecule has 0 aliphatic rings. The number of aromatic nitrogens is 2. The Morgan fingerprint density at radius 2 is 2.32 bits per heavy atom. The van der Waals surface area contributed by atoms with Crippen molar-refractivity contribution in [2.45, 2.75) is 6.10 Å². The molecule has 1 atom stereocenters. The maximum atomic E-state index is 11.8. The minimum absolute atomic E-state index is 0.202. The lowest BCUT2D eigenvalue weighted by Gasteiger charge is -2.09. The lowest BCUT2D eigenvalue weighted by atomic mass is 10.1. The van der Waals surface area contributed by atoms with Gasteiger partial charge in [0.15, 0.2) is 6.10 Å².